The SMILES string of the molecule is O=C=NC1(c2ccc(OC3CCCOC3)cc2)CC1. The molecule has 0 N–H and O–H groups in total. The topological polar surface area (TPSA) is 47.9 Å². The van der Waals surface area contributed by atoms with Gasteiger partial charge in [-0.1, -0.05) is 12.1 Å². The predicted octanol–water partition coefficient (Wildman–Crippen LogP) is 2.57. The van der Waals surface area contributed by atoms with Crippen molar-refractivity contribution in [2.24, 2.45) is 4.99 Å². The van der Waals surface area contributed by atoms with Gasteiger partial charge >= 0.3 is 0 Å². The van der Waals surface area contributed by atoms with Gasteiger partial charge in [0.25, 0.3) is 0 Å². The lowest BCUT2D eigenvalue weighted by molar-refractivity contribution is 0.00742. The van der Waals surface area contributed by atoms with E-state index in [1.807, 2.05) is 24.3 Å². The van der Waals surface area contributed by atoms with E-state index in [1.54, 1.807) is 6.08 Å². The summed E-state index contributed by atoms with van der Waals surface area (Å²) in [4.78, 5) is 14.4. The van der Waals surface area contributed by atoms with Gasteiger partial charge in [-0.15, -0.1) is 0 Å². The van der Waals surface area contributed by atoms with Gasteiger partial charge in [-0.05, 0) is 43.4 Å². The van der Waals surface area contributed by atoms with E-state index in [2.05, 4.69) is 4.99 Å². The third-order valence-corrected chi connectivity index (χ3v) is 3.80. The van der Waals surface area contributed by atoms with Crippen LogP contribution in [0, 0.1) is 0 Å². The molecule has 0 radical (unpaired) electrons. The minimum atomic E-state index is -0.297. The maximum absolute atomic E-state index is 10.4. The summed E-state index contributed by atoms with van der Waals surface area (Å²) in [7, 11) is 0. The Morgan fingerprint density at radius 2 is 2.11 bits per heavy atom. The highest BCUT2D eigenvalue weighted by Crippen LogP contribution is 2.49. The summed E-state index contributed by atoms with van der Waals surface area (Å²) in [5.74, 6) is 0.852. The summed E-state index contributed by atoms with van der Waals surface area (Å²) in [6.45, 7) is 1.51. The van der Waals surface area contributed by atoms with E-state index in [1.165, 1.54) is 0 Å². The molecule has 1 aromatic carbocycles. The van der Waals surface area contributed by atoms with Crippen molar-refractivity contribution in [3.63, 3.8) is 0 Å². The predicted molar refractivity (Wildman–Crippen MR) is 69.9 cm³/mol. The fourth-order valence-corrected chi connectivity index (χ4v) is 2.51. The molecule has 1 heterocycles. The van der Waals surface area contributed by atoms with E-state index < -0.39 is 0 Å². The first-order valence-corrected chi connectivity index (χ1v) is 6.76. The molecule has 1 unspecified atom stereocenters. The van der Waals surface area contributed by atoms with Crippen molar-refractivity contribution in [1.82, 2.24) is 0 Å². The molecule has 0 amide bonds. The van der Waals surface area contributed by atoms with Crippen molar-refractivity contribution in [2.75, 3.05) is 13.2 Å². The maximum atomic E-state index is 10.4. The second-order valence-corrected chi connectivity index (χ2v) is 5.22. The fourth-order valence-electron chi connectivity index (χ4n) is 2.51. The van der Waals surface area contributed by atoms with Crippen LogP contribution < -0.4 is 4.74 Å². The summed E-state index contributed by atoms with van der Waals surface area (Å²) >= 11 is 0. The molecule has 0 aromatic heterocycles. The van der Waals surface area contributed by atoms with Crippen LogP contribution in [0.3, 0.4) is 0 Å². The summed E-state index contributed by atoms with van der Waals surface area (Å²) < 4.78 is 11.3. The molecule has 3 rings (SSSR count). The average Bonchev–Trinajstić information content (AvgIpc) is 3.22. The van der Waals surface area contributed by atoms with Gasteiger partial charge in [-0.3, -0.25) is 0 Å². The van der Waals surface area contributed by atoms with Gasteiger partial charge in [0.1, 0.15) is 11.9 Å². The van der Waals surface area contributed by atoms with Crippen LogP contribution in [0.15, 0.2) is 29.3 Å². The Bertz CT molecular complexity index is 481. The molecule has 0 spiro atoms. The van der Waals surface area contributed by atoms with E-state index >= 15 is 0 Å². The van der Waals surface area contributed by atoms with Gasteiger partial charge < -0.3 is 9.47 Å². The van der Waals surface area contributed by atoms with Crippen molar-refractivity contribution in [3.8, 4) is 5.75 Å². The van der Waals surface area contributed by atoms with Crippen LogP contribution in [0.5, 0.6) is 5.75 Å². The van der Waals surface area contributed by atoms with Gasteiger partial charge in [0.15, 0.2) is 0 Å². The Labute approximate surface area is 112 Å². The number of rotatable bonds is 4. The minimum Gasteiger partial charge on any atom is -0.488 e. The van der Waals surface area contributed by atoms with Crippen LogP contribution in [0.1, 0.15) is 31.2 Å². The molecule has 2 aliphatic rings. The zero-order valence-electron chi connectivity index (χ0n) is 10.8. The number of carbonyl (C=O) groups excluding carboxylic acids is 1. The summed E-state index contributed by atoms with van der Waals surface area (Å²) in [5, 5.41) is 0. The molecule has 1 atom stereocenters. The lowest BCUT2D eigenvalue weighted by Gasteiger charge is -2.23. The lowest BCUT2D eigenvalue weighted by Crippen LogP contribution is -2.27. The van der Waals surface area contributed by atoms with E-state index in [0.717, 1.165) is 43.6 Å². The van der Waals surface area contributed by atoms with Crippen molar-refractivity contribution >= 4 is 6.08 Å². The van der Waals surface area contributed by atoms with Crippen LogP contribution in [-0.2, 0) is 15.1 Å². The second-order valence-electron chi connectivity index (χ2n) is 5.22. The summed E-state index contributed by atoms with van der Waals surface area (Å²) in [5.41, 5.74) is 0.775. The molecular weight excluding hydrogens is 242 g/mol. The molecule has 1 saturated heterocycles. The molecule has 100 valence electrons. The number of benzene rings is 1. The zero-order valence-corrected chi connectivity index (χ0v) is 10.8. The highest BCUT2D eigenvalue weighted by molar-refractivity contribution is 5.42. The number of isocyanates is 1. The number of hydrogen-bond acceptors (Lipinski definition) is 4. The minimum absolute atomic E-state index is 0.155. The van der Waals surface area contributed by atoms with Crippen LogP contribution in [0.25, 0.3) is 0 Å². The average molecular weight is 259 g/mol. The Morgan fingerprint density at radius 1 is 1.32 bits per heavy atom. The Morgan fingerprint density at radius 3 is 2.68 bits per heavy atom. The van der Waals surface area contributed by atoms with Gasteiger partial charge in [-0.25, -0.2) is 4.79 Å². The van der Waals surface area contributed by atoms with Crippen molar-refractivity contribution in [2.45, 2.75) is 37.3 Å². The smallest absolute Gasteiger partial charge is 0.235 e. The van der Waals surface area contributed by atoms with E-state index in [0.29, 0.717) is 6.61 Å². The van der Waals surface area contributed by atoms with E-state index in [9.17, 15) is 4.79 Å². The van der Waals surface area contributed by atoms with Gasteiger partial charge in [0, 0.05) is 6.61 Å². The van der Waals surface area contributed by atoms with Crippen LogP contribution >= 0.6 is 0 Å². The first-order valence-electron chi connectivity index (χ1n) is 6.76. The van der Waals surface area contributed by atoms with E-state index in [-0.39, 0.29) is 11.6 Å². The Hall–Kier alpha value is -1.64. The number of ether oxygens (including phenoxy) is 2. The van der Waals surface area contributed by atoms with Gasteiger partial charge in [0.2, 0.25) is 6.08 Å². The largest absolute Gasteiger partial charge is 0.488 e. The molecule has 1 aliphatic heterocycles. The number of hydrogen-bond donors (Lipinski definition) is 0. The van der Waals surface area contributed by atoms with E-state index in [4.69, 9.17) is 9.47 Å². The molecular formula is C15H17NO3. The molecule has 1 aliphatic carbocycles. The van der Waals surface area contributed by atoms with Crippen LogP contribution in [0.4, 0.5) is 0 Å². The third kappa shape index (κ3) is 2.70. The van der Waals surface area contributed by atoms with Crippen molar-refractivity contribution in [3.05, 3.63) is 29.8 Å². The third-order valence-electron chi connectivity index (χ3n) is 3.80. The monoisotopic (exact) mass is 259 g/mol. The van der Waals surface area contributed by atoms with Crippen LogP contribution in [-0.4, -0.2) is 25.4 Å². The highest BCUT2D eigenvalue weighted by atomic mass is 16.5. The quantitative estimate of drug-likeness (QED) is 0.616. The summed E-state index contributed by atoms with van der Waals surface area (Å²) in [6.07, 6.45) is 5.79. The van der Waals surface area contributed by atoms with Crippen molar-refractivity contribution < 1.29 is 14.3 Å². The number of nitrogens with zero attached hydrogens (tertiary/aromatic N) is 1. The highest BCUT2D eigenvalue weighted by Gasteiger charge is 2.44. The molecule has 2 fully saturated rings. The molecule has 19 heavy (non-hydrogen) atoms. The van der Waals surface area contributed by atoms with Crippen molar-refractivity contribution in [1.29, 1.82) is 0 Å². The van der Waals surface area contributed by atoms with Crippen LogP contribution in [0.2, 0.25) is 0 Å². The first kappa shape index (κ1) is 12.4. The second kappa shape index (κ2) is 5.16. The fraction of sp³-hybridized carbons (Fsp3) is 0.533. The summed E-state index contributed by atoms with van der Waals surface area (Å²) in [6, 6.07) is 7.88. The molecule has 1 saturated carbocycles. The van der Waals surface area contributed by atoms with Gasteiger partial charge in [0.05, 0.1) is 12.1 Å². The standard InChI is InChI=1S/C15H17NO3/c17-11-16-15(7-8-15)12-3-5-13(6-4-12)19-14-2-1-9-18-10-14/h3-6,14H,1-2,7-10H2. The maximum Gasteiger partial charge on any atom is 0.235 e. The lowest BCUT2D eigenvalue weighted by atomic mass is 10.1. The molecule has 4 heteroatoms. The Kier molecular flexibility index (Phi) is 3.36. The molecule has 1 aromatic rings. The molecule has 0 bridgehead atoms. The zero-order chi connectivity index (χ0) is 13.1. The first-order chi connectivity index (χ1) is 9.32. The normalized spacial score (nSPS) is 24.3. The number of aliphatic imine (C=N–C) groups is 1. The Balaban J connectivity index is 1.67. The molecule has 4 nitrogen and oxygen atoms in total. The van der Waals surface area contributed by atoms with Gasteiger partial charge in [-0.2, -0.15) is 4.99 Å².